The van der Waals surface area contributed by atoms with E-state index < -0.39 is 21.7 Å². The van der Waals surface area contributed by atoms with E-state index in [2.05, 4.69) is 10.3 Å². The van der Waals surface area contributed by atoms with Gasteiger partial charge in [0.15, 0.2) is 0 Å². The fourth-order valence-electron chi connectivity index (χ4n) is 3.33. The fourth-order valence-corrected chi connectivity index (χ4v) is 4.83. The summed E-state index contributed by atoms with van der Waals surface area (Å²) in [6.07, 6.45) is 3.16. The number of fused-ring (bicyclic) bond motifs is 1. The van der Waals surface area contributed by atoms with Crippen LogP contribution in [0.1, 0.15) is 27.2 Å². The molecule has 1 saturated heterocycles. The van der Waals surface area contributed by atoms with Gasteiger partial charge in [0.25, 0.3) is 0 Å². The number of alkyl carbamates (subject to hydrolysis) is 1. The van der Waals surface area contributed by atoms with Gasteiger partial charge in [-0.2, -0.15) is 4.31 Å². The first kappa shape index (κ1) is 23.0. The number of benzene rings is 1. The molecule has 10 heteroatoms. The van der Waals surface area contributed by atoms with Crippen molar-refractivity contribution < 1.29 is 22.7 Å². The third-order valence-corrected chi connectivity index (χ3v) is 6.73. The van der Waals surface area contributed by atoms with E-state index in [1.165, 1.54) is 4.31 Å². The maximum atomic E-state index is 13.1. The van der Waals surface area contributed by atoms with Crippen molar-refractivity contribution >= 4 is 32.8 Å². The summed E-state index contributed by atoms with van der Waals surface area (Å²) in [7, 11) is -3.69. The first-order valence-corrected chi connectivity index (χ1v) is 11.6. The molecule has 1 aromatic heterocycles. The van der Waals surface area contributed by atoms with Crippen molar-refractivity contribution in [2.75, 3.05) is 32.7 Å². The van der Waals surface area contributed by atoms with Gasteiger partial charge < -0.3 is 15.0 Å². The van der Waals surface area contributed by atoms with Gasteiger partial charge in [-0.3, -0.25) is 9.78 Å². The molecule has 0 radical (unpaired) electrons. The second-order valence-electron chi connectivity index (χ2n) is 8.38. The zero-order chi connectivity index (χ0) is 22.6. The number of hydrogen-bond acceptors (Lipinski definition) is 6. The van der Waals surface area contributed by atoms with Crippen LogP contribution in [0.5, 0.6) is 0 Å². The Morgan fingerprint density at radius 2 is 1.87 bits per heavy atom. The molecule has 2 amide bonds. The lowest BCUT2D eigenvalue weighted by Gasteiger charge is -2.23. The van der Waals surface area contributed by atoms with E-state index in [1.54, 1.807) is 62.3 Å². The molecule has 168 valence electrons. The van der Waals surface area contributed by atoms with E-state index >= 15 is 0 Å². The molecule has 0 bridgehead atoms. The van der Waals surface area contributed by atoms with E-state index in [9.17, 15) is 18.0 Å². The molecule has 0 saturated carbocycles. The van der Waals surface area contributed by atoms with Gasteiger partial charge in [-0.15, -0.1) is 0 Å². The monoisotopic (exact) mass is 448 g/mol. The van der Waals surface area contributed by atoms with Crippen molar-refractivity contribution in [1.82, 2.24) is 19.5 Å². The van der Waals surface area contributed by atoms with Crippen LogP contribution in [-0.4, -0.2) is 72.9 Å². The van der Waals surface area contributed by atoms with Crippen molar-refractivity contribution in [2.45, 2.75) is 37.7 Å². The summed E-state index contributed by atoms with van der Waals surface area (Å²) < 4.78 is 32.8. The fraction of sp³-hybridized carbons (Fsp3) is 0.476. The predicted octanol–water partition coefficient (Wildman–Crippen LogP) is 1.98. The Bertz CT molecular complexity index is 1060. The number of amides is 2. The van der Waals surface area contributed by atoms with Crippen LogP contribution in [0.3, 0.4) is 0 Å². The zero-order valence-corrected chi connectivity index (χ0v) is 18.8. The second-order valence-corrected chi connectivity index (χ2v) is 10.3. The van der Waals surface area contributed by atoms with Gasteiger partial charge in [0.2, 0.25) is 15.9 Å². The summed E-state index contributed by atoms with van der Waals surface area (Å²) in [5.74, 6) is -0.275. The molecule has 3 rings (SSSR count). The lowest BCUT2D eigenvalue weighted by atomic mass is 10.2. The summed E-state index contributed by atoms with van der Waals surface area (Å²) in [6.45, 7) is 6.21. The number of nitrogens with one attached hydrogen (secondary N) is 1. The van der Waals surface area contributed by atoms with Gasteiger partial charge >= 0.3 is 6.09 Å². The van der Waals surface area contributed by atoms with Crippen LogP contribution >= 0.6 is 0 Å². The number of nitrogens with zero attached hydrogens (tertiary/aromatic N) is 3. The summed E-state index contributed by atoms with van der Waals surface area (Å²) in [5, 5.41) is 4.12. The van der Waals surface area contributed by atoms with Crippen molar-refractivity contribution in [3.8, 4) is 0 Å². The summed E-state index contributed by atoms with van der Waals surface area (Å²) in [4.78, 5) is 30.1. The molecule has 2 aromatic rings. The van der Waals surface area contributed by atoms with Crippen molar-refractivity contribution in [2.24, 2.45) is 0 Å². The molecule has 2 heterocycles. The van der Waals surface area contributed by atoms with Crippen LogP contribution in [0.25, 0.3) is 10.8 Å². The van der Waals surface area contributed by atoms with E-state index in [1.807, 2.05) is 0 Å². The highest BCUT2D eigenvalue weighted by atomic mass is 32.2. The third kappa shape index (κ3) is 5.92. The van der Waals surface area contributed by atoms with Gasteiger partial charge in [-0.25, -0.2) is 13.2 Å². The number of carbonyl (C=O) groups excluding carboxylic acids is 2. The standard InChI is InChI=1S/C21H28N4O5S/c1-21(2,3)30-20(27)23-15-19(26)24-9-4-10-25(12-11-24)31(28,29)18-6-5-17-14-22-8-7-16(17)13-18/h5-8,13-14H,4,9-12,15H2,1-3H3,(H,23,27). The summed E-state index contributed by atoms with van der Waals surface area (Å²) in [5.41, 5.74) is -0.649. The van der Waals surface area contributed by atoms with Crippen molar-refractivity contribution in [1.29, 1.82) is 0 Å². The summed E-state index contributed by atoms with van der Waals surface area (Å²) in [6, 6.07) is 6.74. The molecule has 1 N–H and O–H groups in total. The van der Waals surface area contributed by atoms with E-state index in [0.717, 1.165) is 10.8 Å². The minimum absolute atomic E-state index is 0.189. The molecule has 1 aliphatic rings. The maximum absolute atomic E-state index is 13.1. The van der Waals surface area contributed by atoms with Crippen LogP contribution in [-0.2, 0) is 19.6 Å². The molecular formula is C21H28N4O5S. The zero-order valence-electron chi connectivity index (χ0n) is 18.0. The highest BCUT2D eigenvalue weighted by molar-refractivity contribution is 7.89. The third-order valence-electron chi connectivity index (χ3n) is 4.84. The largest absolute Gasteiger partial charge is 0.444 e. The van der Waals surface area contributed by atoms with Crippen LogP contribution in [0.4, 0.5) is 4.79 Å². The number of pyridine rings is 1. The molecule has 31 heavy (non-hydrogen) atoms. The van der Waals surface area contributed by atoms with E-state index in [0.29, 0.717) is 19.5 Å². The SMILES string of the molecule is CC(C)(C)OC(=O)NCC(=O)N1CCCN(S(=O)(=O)c2ccc3cnccc3c2)CC1. The normalized spacial score (nSPS) is 16.0. The molecule has 0 spiro atoms. The lowest BCUT2D eigenvalue weighted by Crippen LogP contribution is -2.43. The van der Waals surface area contributed by atoms with Gasteiger partial charge in [0, 0.05) is 44.0 Å². The van der Waals surface area contributed by atoms with Crippen molar-refractivity contribution in [3.05, 3.63) is 36.7 Å². The highest BCUT2D eigenvalue weighted by Gasteiger charge is 2.28. The molecule has 9 nitrogen and oxygen atoms in total. The Morgan fingerprint density at radius 1 is 1.10 bits per heavy atom. The number of rotatable bonds is 4. The highest BCUT2D eigenvalue weighted by Crippen LogP contribution is 2.22. The van der Waals surface area contributed by atoms with Crippen LogP contribution in [0.2, 0.25) is 0 Å². The Morgan fingerprint density at radius 3 is 2.61 bits per heavy atom. The van der Waals surface area contributed by atoms with Gasteiger partial charge in [-0.1, -0.05) is 6.07 Å². The molecular weight excluding hydrogens is 420 g/mol. The number of sulfonamides is 1. The minimum atomic E-state index is -3.69. The lowest BCUT2D eigenvalue weighted by molar-refractivity contribution is -0.130. The maximum Gasteiger partial charge on any atom is 0.408 e. The van der Waals surface area contributed by atoms with Crippen LogP contribution in [0.15, 0.2) is 41.6 Å². The molecule has 0 atom stereocenters. The molecule has 1 fully saturated rings. The topological polar surface area (TPSA) is 109 Å². The molecule has 1 aromatic carbocycles. The Balaban J connectivity index is 1.62. The Labute approximate surface area is 182 Å². The van der Waals surface area contributed by atoms with E-state index in [4.69, 9.17) is 4.74 Å². The van der Waals surface area contributed by atoms with Crippen molar-refractivity contribution in [3.63, 3.8) is 0 Å². The molecule has 0 aliphatic carbocycles. The average Bonchev–Trinajstić information content (AvgIpc) is 2.97. The quantitative estimate of drug-likeness (QED) is 0.766. The predicted molar refractivity (Wildman–Crippen MR) is 116 cm³/mol. The van der Waals surface area contributed by atoms with Gasteiger partial charge in [0.1, 0.15) is 12.1 Å². The van der Waals surface area contributed by atoms with Crippen LogP contribution in [0, 0.1) is 0 Å². The Kier molecular flexibility index (Phi) is 6.80. The number of ether oxygens (including phenoxy) is 1. The van der Waals surface area contributed by atoms with E-state index in [-0.39, 0.29) is 30.4 Å². The first-order chi connectivity index (χ1) is 14.6. The van der Waals surface area contributed by atoms with Crippen LogP contribution < -0.4 is 5.32 Å². The second kappa shape index (κ2) is 9.19. The number of hydrogen-bond donors (Lipinski definition) is 1. The molecule has 1 aliphatic heterocycles. The first-order valence-electron chi connectivity index (χ1n) is 10.1. The van der Waals surface area contributed by atoms with Gasteiger partial charge in [0.05, 0.1) is 4.90 Å². The number of aromatic nitrogens is 1. The minimum Gasteiger partial charge on any atom is -0.444 e. The average molecular weight is 449 g/mol. The summed E-state index contributed by atoms with van der Waals surface area (Å²) >= 11 is 0. The smallest absolute Gasteiger partial charge is 0.408 e. The number of carbonyl (C=O) groups is 2. The Hall–Kier alpha value is -2.72. The van der Waals surface area contributed by atoms with Gasteiger partial charge in [-0.05, 0) is 50.8 Å². The molecule has 0 unspecified atom stereocenters.